The second kappa shape index (κ2) is 7.15. The number of benzene rings is 1. The first-order chi connectivity index (χ1) is 10.8. The normalized spacial score (nSPS) is 12.0. The first kappa shape index (κ1) is 17.5. The van der Waals surface area contributed by atoms with E-state index in [4.69, 9.17) is 4.74 Å². The van der Waals surface area contributed by atoms with Crippen molar-refractivity contribution in [3.63, 3.8) is 0 Å². The molecule has 0 fully saturated rings. The van der Waals surface area contributed by atoms with Crippen LogP contribution < -0.4 is 4.74 Å². The van der Waals surface area contributed by atoms with Crippen LogP contribution in [0.2, 0.25) is 0 Å². The number of methoxy groups -OCH3 is 1. The fourth-order valence-corrected chi connectivity index (χ4v) is 2.90. The standard InChI is InChI=1S/C18H27N3O2/c1-14-16(17(23-5)20(4)19-14)12-21(13-18(2,3)22)11-15-9-7-6-8-10-15/h6-10,22H,11-13H2,1-5H3. The summed E-state index contributed by atoms with van der Waals surface area (Å²) in [6.07, 6.45) is 0. The van der Waals surface area contributed by atoms with Crippen LogP contribution in [0.15, 0.2) is 30.3 Å². The van der Waals surface area contributed by atoms with Gasteiger partial charge in [0.25, 0.3) is 0 Å². The molecule has 5 nitrogen and oxygen atoms in total. The Kier molecular flexibility index (Phi) is 5.44. The van der Waals surface area contributed by atoms with Crippen molar-refractivity contribution in [3.8, 4) is 5.88 Å². The highest BCUT2D eigenvalue weighted by molar-refractivity contribution is 5.31. The van der Waals surface area contributed by atoms with E-state index in [9.17, 15) is 5.11 Å². The van der Waals surface area contributed by atoms with Crippen molar-refractivity contribution in [2.24, 2.45) is 7.05 Å². The van der Waals surface area contributed by atoms with Crippen LogP contribution in [-0.4, -0.2) is 39.0 Å². The first-order valence-corrected chi connectivity index (χ1v) is 7.85. The highest BCUT2D eigenvalue weighted by Gasteiger charge is 2.22. The molecule has 0 aliphatic rings. The molecule has 0 bridgehead atoms. The molecule has 1 N–H and O–H groups in total. The molecule has 0 saturated carbocycles. The average molecular weight is 317 g/mol. The zero-order valence-corrected chi connectivity index (χ0v) is 14.7. The van der Waals surface area contributed by atoms with E-state index in [0.717, 1.165) is 23.7 Å². The molecule has 5 heteroatoms. The van der Waals surface area contributed by atoms with Gasteiger partial charge in [-0.15, -0.1) is 0 Å². The Morgan fingerprint density at radius 3 is 2.43 bits per heavy atom. The molecule has 0 unspecified atom stereocenters. The summed E-state index contributed by atoms with van der Waals surface area (Å²) in [5.41, 5.74) is 2.48. The Bertz CT molecular complexity index is 630. The van der Waals surface area contributed by atoms with Crippen molar-refractivity contribution in [3.05, 3.63) is 47.2 Å². The maximum atomic E-state index is 10.3. The molecule has 0 atom stereocenters. The smallest absolute Gasteiger partial charge is 0.216 e. The molecule has 1 heterocycles. The van der Waals surface area contributed by atoms with E-state index in [1.54, 1.807) is 11.8 Å². The Balaban J connectivity index is 2.24. The zero-order valence-electron chi connectivity index (χ0n) is 14.7. The summed E-state index contributed by atoms with van der Waals surface area (Å²) in [6.45, 7) is 7.67. The highest BCUT2D eigenvalue weighted by Crippen LogP contribution is 2.24. The van der Waals surface area contributed by atoms with Crippen LogP contribution >= 0.6 is 0 Å². The number of nitrogens with zero attached hydrogens (tertiary/aromatic N) is 3. The Morgan fingerprint density at radius 1 is 1.22 bits per heavy atom. The lowest BCUT2D eigenvalue weighted by Gasteiger charge is -2.29. The molecule has 0 radical (unpaired) electrons. The molecule has 23 heavy (non-hydrogen) atoms. The van der Waals surface area contributed by atoms with Crippen molar-refractivity contribution in [2.75, 3.05) is 13.7 Å². The number of ether oxygens (including phenoxy) is 1. The second-order valence-corrected chi connectivity index (χ2v) is 6.64. The van der Waals surface area contributed by atoms with E-state index in [0.29, 0.717) is 13.1 Å². The van der Waals surface area contributed by atoms with Crippen LogP contribution in [0.25, 0.3) is 0 Å². The molecule has 2 rings (SSSR count). The summed E-state index contributed by atoms with van der Waals surface area (Å²) in [5.74, 6) is 0.774. The summed E-state index contributed by atoms with van der Waals surface area (Å²) < 4.78 is 7.25. The molecule has 0 aliphatic heterocycles. The van der Waals surface area contributed by atoms with Crippen LogP contribution in [-0.2, 0) is 20.1 Å². The van der Waals surface area contributed by atoms with Gasteiger partial charge in [-0.25, -0.2) is 4.68 Å². The van der Waals surface area contributed by atoms with Crippen molar-refractivity contribution >= 4 is 0 Å². The van der Waals surface area contributed by atoms with Crippen LogP contribution in [0.3, 0.4) is 0 Å². The van der Waals surface area contributed by atoms with E-state index in [1.165, 1.54) is 5.56 Å². The maximum absolute atomic E-state index is 10.3. The van der Waals surface area contributed by atoms with Gasteiger partial charge in [0.2, 0.25) is 5.88 Å². The molecule has 0 aliphatic carbocycles. The van der Waals surface area contributed by atoms with Crippen LogP contribution in [0, 0.1) is 6.92 Å². The van der Waals surface area contributed by atoms with Gasteiger partial charge in [-0.1, -0.05) is 30.3 Å². The van der Waals surface area contributed by atoms with Gasteiger partial charge >= 0.3 is 0 Å². The van der Waals surface area contributed by atoms with Crippen LogP contribution in [0.5, 0.6) is 5.88 Å². The van der Waals surface area contributed by atoms with Gasteiger partial charge in [0, 0.05) is 26.7 Å². The minimum absolute atomic E-state index is 0.569. The molecular weight excluding hydrogens is 290 g/mol. The van der Waals surface area contributed by atoms with Crippen LogP contribution in [0.4, 0.5) is 0 Å². The van der Waals surface area contributed by atoms with Gasteiger partial charge in [-0.2, -0.15) is 5.10 Å². The number of rotatable bonds is 7. The SMILES string of the molecule is COc1c(CN(Cc2ccccc2)CC(C)(C)O)c(C)nn1C. The number of hydrogen-bond donors (Lipinski definition) is 1. The van der Waals surface area contributed by atoms with Gasteiger partial charge in [-0.3, -0.25) is 4.90 Å². The number of aryl methyl sites for hydroxylation is 2. The van der Waals surface area contributed by atoms with Gasteiger partial charge in [-0.05, 0) is 26.3 Å². The molecule has 126 valence electrons. The summed E-state index contributed by atoms with van der Waals surface area (Å²) >= 11 is 0. The van der Waals surface area contributed by atoms with Gasteiger partial charge in [0.15, 0.2) is 0 Å². The lowest BCUT2D eigenvalue weighted by molar-refractivity contribution is 0.0303. The van der Waals surface area contributed by atoms with Gasteiger partial charge in [0.05, 0.1) is 24.0 Å². The van der Waals surface area contributed by atoms with E-state index in [-0.39, 0.29) is 0 Å². The monoisotopic (exact) mass is 317 g/mol. The predicted octanol–water partition coefficient (Wildman–Crippen LogP) is 2.51. The molecular formula is C18H27N3O2. The highest BCUT2D eigenvalue weighted by atomic mass is 16.5. The number of aromatic nitrogens is 2. The van der Waals surface area contributed by atoms with E-state index < -0.39 is 5.60 Å². The molecule has 0 spiro atoms. The van der Waals surface area contributed by atoms with Crippen molar-refractivity contribution in [2.45, 2.75) is 39.5 Å². The number of hydrogen-bond acceptors (Lipinski definition) is 4. The molecule has 2 aromatic rings. The van der Waals surface area contributed by atoms with E-state index >= 15 is 0 Å². The fourth-order valence-electron chi connectivity index (χ4n) is 2.90. The summed E-state index contributed by atoms with van der Waals surface area (Å²) in [4.78, 5) is 2.22. The zero-order chi connectivity index (χ0) is 17.0. The summed E-state index contributed by atoms with van der Waals surface area (Å²) in [7, 11) is 3.55. The van der Waals surface area contributed by atoms with Crippen molar-refractivity contribution < 1.29 is 9.84 Å². The van der Waals surface area contributed by atoms with Gasteiger partial charge in [0.1, 0.15) is 0 Å². The van der Waals surface area contributed by atoms with Crippen LogP contribution in [0.1, 0.15) is 30.7 Å². The largest absolute Gasteiger partial charge is 0.481 e. The minimum atomic E-state index is -0.766. The minimum Gasteiger partial charge on any atom is -0.481 e. The Labute approximate surface area is 138 Å². The summed E-state index contributed by atoms with van der Waals surface area (Å²) in [5, 5.41) is 14.7. The summed E-state index contributed by atoms with van der Waals surface area (Å²) in [6, 6.07) is 10.3. The third kappa shape index (κ3) is 4.81. The molecule has 1 aromatic carbocycles. The second-order valence-electron chi connectivity index (χ2n) is 6.64. The topological polar surface area (TPSA) is 50.5 Å². The molecule has 0 amide bonds. The third-order valence-electron chi connectivity index (χ3n) is 3.72. The number of aliphatic hydroxyl groups is 1. The Morgan fingerprint density at radius 2 is 1.87 bits per heavy atom. The average Bonchev–Trinajstić information content (AvgIpc) is 2.72. The van der Waals surface area contributed by atoms with Crippen molar-refractivity contribution in [1.29, 1.82) is 0 Å². The molecule has 0 saturated heterocycles. The fraction of sp³-hybridized carbons (Fsp3) is 0.500. The third-order valence-corrected chi connectivity index (χ3v) is 3.72. The quantitative estimate of drug-likeness (QED) is 0.852. The van der Waals surface area contributed by atoms with E-state index in [1.807, 2.05) is 46.0 Å². The maximum Gasteiger partial charge on any atom is 0.216 e. The van der Waals surface area contributed by atoms with E-state index in [2.05, 4.69) is 22.1 Å². The lowest BCUT2D eigenvalue weighted by atomic mass is 10.1. The Hall–Kier alpha value is -1.85. The van der Waals surface area contributed by atoms with Gasteiger partial charge < -0.3 is 9.84 Å². The lowest BCUT2D eigenvalue weighted by Crippen LogP contribution is -2.38. The molecule has 1 aromatic heterocycles. The first-order valence-electron chi connectivity index (χ1n) is 7.85. The van der Waals surface area contributed by atoms with Crippen molar-refractivity contribution in [1.82, 2.24) is 14.7 Å². The predicted molar refractivity (Wildman–Crippen MR) is 91.4 cm³/mol.